The van der Waals surface area contributed by atoms with Crippen LogP contribution in [0.25, 0.3) is 0 Å². The van der Waals surface area contributed by atoms with Crippen LogP contribution in [-0.4, -0.2) is 45.1 Å². The molecule has 0 aliphatic carbocycles. The Morgan fingerprint density at radius 2 is 1.86 bits per heavy atom. The van der Waals surface area contributed by atoms with Crippen LogP contribution in [0.4, 0.5) is 5.69 Å². The second kappa shape index (κ2) is 13.0. The zero-order valence-corrected chi connectivity index (χ0v) is 21.7. The quantitative estimate of drug-likeness (QED) is 0.340. The Morgan fingerprint density at radius 3 is 2.50 bits per heavy atom. The number of nitriles is 1. The van der Waals surface area contributed by atoms with Crippen LogP contribution in [0.5, 0.6) is 5.75 Å². The Balaban J connectivity index is 1.86. The van der Waals surface area contributed by atoms with E-state index in [2.05, 4.69) is 16.7 Å². The molecule has 188 valence electrons. The number of hydrogen-bond acceptors (Lipinski definition) is 8. The molecule has 1 aliphatic heterocycles. The molecule has 2 aromatic rings. The van der Waals surface area contributed by atoms with Gasteiger partial charge in [0.25, 0.3) is 0 Å². The summed E-state index contributed by atoms with van der Waals surface area (Å²) in [5.41, 5.74) is 2.28. The molecule has 1 aliphatic rings. The first-order valence-corrected chi connectivity index (χ1v) is 12.3. The average molecular weight is 528 g/mol. The highest BCUT2D eigenvalue weighted by molar-refractivity contribution is 8.03. The molecule has 1 unspecified atom stereocenters. The van der Waals surface area contributed by atoms with Crippen molar-refractivity contribution in [2.75, 3.05) is 38.5 Å². The third-order valence-electron chi connectivity index (χ3n) is 5.33. The molecule has 36 heavy (non-hydrogen) atoms. The van der Waals surface area contributed by atoms with Crippen molar-refractivity contribution >= 4 is 40.9 Å². The predicted molar refractivity (Wildman–Crippen MR) is 140 cm³/mol. The minimum atomic E-state index is -0.757. The topological polar surface area (TPSA) is 110 Å². The number of thioether (sulfide) groups is 1. The number of nitrogens with zero attached hydrogens (tertiary/aromatic N) is 1. The number of methoxy groups -OCH3 is 2. The molecule has 1 amide bonds. The van der Waals surface area contributed by atoms with E-state index < -0.39 is 11.9 Å². The molecular weight excluding hydrogens is 502 g/mol. The summed E-state index contributed by atoms with van der Waals surface area (Å²) in [6, 6.07) is 16.2. The number of carbonyl (C=O) groups excluding carboxylic acids is 2. The number of hydrogen-bond donors (Lipinski definition) is 2. The van der Waals surface area contributed by atoms with Crippen LogP contribution in [0.1, 0.15) is 18.4 Å². The molecule has 0 bridgehead atoms. The molecule has 1 atom stereocenters. The van der Waals surface area contributed by atoms with Crippen molar-refractivity contribution in [1.29, 1.82) is 5.26 Å². The fraction of sp³-hybridized carbons (Fsp3) is 0.269. The lowest BCUT2D eigenvalue weighted by molar-refractivity contribution is -0.140. The van der Waals surface area contributed by atoms with Crippen LogP contribution in [0.15, 0.2) is 70.4 Å². The molecule has 2 N–H and O–H groups in total. The Hall–Kier alpha value is -3.45. The number of rotatable bonds is 10. The summed E-state index contributed by atoms with van der Waals surface area (Å²) in [7, 11) is 3.08. The smallest absolute Gasteiger partial charge is 0.336 e. The first kappa shape index (κ1) is 27.1. The van der Waals surface area contributed by atoms with E-state index in [1.54, 1.807) is 62.6 Å². The van der Waals surface area contributed by atoms with Gasteiger partial charge in [-0.15, -0.1) is 0 Å². The predicted octanol–water partition coefficient (Wildman–Crippen LogP) is 4.61. The number of dihydropyridines is 1. The lowest BCUT2D eigenvalue weighted by atomic mass is 9.82. The van der Waals surface area contributed by atoms with Gasteiger partial charge in [-0.05, 0) is 42.8 Å². The third kappa shape index (κ3) is 6.61. The van der Waals surface area contributed by atoms with Crippen LogP contribution in [-0.2, 0) is 19.1 Å². The first-order chi connectivity index (χ1) is 17.4. The van der Waals surface area contributed by atoms with E-state index in [0.29, 0.717) is 32.7 Å². The van der Waals surface area contributed by atoms with Gasteiger partial charge in [0.2, 0.25) is 5.91 Å². The van der Waals surface area contributed by atoms with Crippen molar-refractivity contribution in [3.05, 3.63) is 81.0 Å². The van der Waals surface area contributed by atoms with E-state index in [1.165, 1.54) is 18.9 Å². The van der Waals surface area contributed by atoms with Gasteiger partial charge in [0.15, 0.2) is 0 Å². The average Bonchev–Trinajstić information content (AvgIpc) is 2.88. The number of anilines is 1. The van der Waals surface area contributed by atoms with Gasteiger partial charge in [-0.1, -0.05) is 41.6 Å². The molecule has 0 fully saturated rings. The van der Waals surface area contributed by atoms with E-state index in [-0.39, 0.29) is 36.0 Å². The van der Waals surface area contributed by atoms with Gasteiger partial charge in [0.1, 0.15) is 12.4 Å². The zero-order valence-electron chi connectivity index (χ0n) is 20.1. The van der Waals surface area contributed by atoms with Crippen molar-refractivity contribution in [3.8, 4) is 11.8 Å². The zero-order chi connectivity index (χ0) is 26.1. The molecule has 0 saturated heterocycles. The van der Waals surface area contributed by atoms with Crippen molar-refractivity contribution < 1.29 is 23.8 Å². The number of nitrogens with one attached hydrogen (secondary N) is 2. The maximum Gasteiger partial charge on any atom is 0.336 e. The summed E-state index contributed by atoms with van der Waals surface area (Å²) in [6.07, 6.45) is 0. The molecule has 0 saturated carbocycles. The van der Waals surface area contributed by atoms with Crippen LogP contribution < -0.4 is 15.4 Å². The molecule has 0 radical (unpaired) electrons. The first-order valence-electron chi connectivity index (χ1n) is 11.0. The molecule has 0 spiro atoms. The number of ether oxygens (including phenoxy) is 3. The highest BCUT2D eigenvalue weighted by atomic mass is 35.5. The lowest BCUT2D eigenvalue weighted by Gasteiger charge is -2.29. The Morgan fingerprint density at radius 1 is 1.14 bits per heavy atom. The third-order valence-corrected chi connectivity index (χ3v) is 6.69. The van der Waals surface area contributed by atoms with E-state index in [9.17, 15) is 14.9 Å². The number of carbonyl (C=O) groups is 2. The fourth-order valence-corrected chi connectivity index (χ4v) is 4.76. The lowest BCUT2D eigenvalue weighted by Crippen LogP contribution is -2.30. The number of amides is 1. The second-order valence-corrected chi connectivity index (χ2v) is 9.06. The van der Waals surface area contributed by atoms with Crippen molar-refractivity contribution in [1.82, 2.24) is 5.32 Å². The summed E-state index contributed by atoms with van der Waals surface area (Å²) >= 11 is 7.65. The van der Waals surface area contributed by atoms with Crippen molar-refractivity contribution in [3.63, 3.8) is 0 Å². The van der Waals surface area contributed by atoms with Gasteiger partial charge >= 0.3 is 5.97 Å². The van der Waals surface area contributed by atoms with Crippen LogP contribution in [0.2, 0.25) is 5.02 Å². The van der Waals surface area contributed by atoms with Crippen LogP contribution in [0.3, 0.4) is 0 Å². The van der Waals surface area contributed by atoms with Gasteiger partial charge in [0.05, 0.1) is 47.6 Å². The Labute approximate surface area is 219 Å². The number of benzene rings is 2. The van der Waals surface area contributed by atoms with Gasteiger partial charge in [-0.3, -0.25) is 4.79 Å². The van der Waals surface area contributed by atoms with Crippen LogP contribution in [0, 0.1) is 11.3 Å². The molecule has 3 rings (SSSR count). The largest absolute Gasteiger partial charge is 0.497 e. The second-order valence-electron chi connectivity index (χ2n) is 7.67. The summed E-state index contributed by atoms with van der Waals surface area (Å²) in [5.74, 6) is -0.863. The number of allylic oxidation sites excluding steroid dienone is 2. The maximum atomic E-state index is 13.0. The standard InChI is InChI=1S/C26H26ClN3O5S/c1-16-23(26(32)35-13-12-33-2)24(19-6-4-5-7-21(19)27)20(14-28)25(29-16)36-15-22(31)30-17-8-10-18(34-3)11-9-17/h4-11,24,29H,12-13,15H2,1-3H3,(H,30,31). The van der Waals surface area contributed by atoms with E-state index >= 15 is 0 Å². The van der Waals surface area contributed by atoms with E-state index in [4.69, 9.17) is 25.8 Å². The SMILES string of the molecule is COCCOC(=O)C1=C(C)NC(SCC(=O)Nc2ccc(OC)cc2)=C(C#N)C1c1ccccc1Cl. The van der Waals surface area contributed by atoms with Gasteiger partial charge < -0.3 is 24.8 Å². The molecular formula is C26H26ClN3O5S. The van der Waals surface area contributed by atoms with Crippen LogP contribution >= 0.6 is 23.4 Å². The minimum Gasteiger partial charge on any atom is -0.497 e. The summed E-state index contributed by atoms with van der Waals surface area (Å²) in [6.45, 7) is 2.04. The van der Waals surface area contributed by atoms with E-state index in [0.717, 1.165) is 0 Å². The number of esters is 1. The fourth-order valence-electron chi connectivity index (χ4n) is 3.62. The molecule has 2 aromatic carbocycles. The normalized spacial score (nSPS) is 15.1. The number of halogens is 1. The maximum absolute atomic E-state index is 13.0. The van der Waals surface area contributed by atoms with E-state index in [1.807, 2.05) is 0 Å². The minimum absolute atomic E-state index is 0.0374. The van der Waals surface area contributed by atoms with Crippen molar-refractivity contribution in [2.24, 2.45) is 0 Å². The summed E-state index contributed by atoms with van der Waals surface area (Å²) < 4.78 is 15.5. The molecule has 8 nitrogen and oxygen atoms in total. The summed E-state index contributed by atoms with van der Waals surface area (Å²) in [5, 5.41) is 16.9. The molecule has 1 heterocycles. The van der Waals surface area contributed by atoms with Gasteiger partial charge in [-0.2, -0.15) is 5.26 Å². The monoisotopic (exact) mass is 527 g/mol. The Kier molecular flexibility index (Phi) is 9.82. The Bertz CT molecular complexity index is 1220. The van der Waals surface area contributed by atoms with Gasteiger partial charge in [0, 0.05) is 23.5 Å². The highest BCUT2D eigenvalue weighted by Crippen LogP contribution is 2.43. The summed E-state index contributed by atoms with van der Waals surface area (Å²) in [4.78, 5) is 25.6. The molecule has 0 aromatic heterocycles. The highest BCUT2D eigenvalue weighted by Gasteiger charge is 2.36. The molecule has 10 heteroatoms. The van der Waals surface area contributed by atoms with Gasteiger partial charge in [-0.25, -0.2) is 4.79 Å². The van der Waals surface area contributed by atoms with Crippen molar-refractivity contribution in [2.45, 2.75) is 12.8 Å².